The molecule has 0 radical (unpaired) electrons. The van der Waals surface area contributed by atoms with E-state index in [1.807, 2.05) is 55.5 Å². The van der Waals surface area contributed by atoms with Gasteiger partial charge in [0.05, 0.1) is 0 Å². The Bertz CT molecular complexity index is 670. The molecule has 21 heavy (non-hydrogen) atoms. The van der Waals surface area contributed by atoms with Crippen LogP contribution < -0.4 is 11.5 Å². The molecule has 108 valence electrons. The molecule has 0 aromatic heterocycles. The van der Waals surface area contributed by atoms with Crippen molar-refractivity contribution < 1.29 is 0 Å². The predicted molar refractivity (Wildman–Crippen MR) is 90.9 cm³/mol. The van der Waals surface area contributed by atoms with Gasteiger partial charge in [0.1, 0.15) is 0 Å². The van der Waals surface area contributed by atoms with E-state index in [1.165, 1.54) is 21.9 Å². The number of hydrogen-bond donors (Lipinski definition) is 2. The number of rotatable bonds is 2. The van der Waals surface area contributed by atoms with E-state index in [-0.39, 0.29) is 6.04 Å². The Morgan fingerprint density at radius 1 is 0.810 bits per heavy atom. The summed E-state index contributed by atoms with van der Waals surface area (Å²) in [5.41, 5.74) is 13.6. The van der Waals surface area contributed by atoms with Crippen LogP contribution in [-0.4, -0.2) is 0 Å². The van der Waals surface area contributed by atoms with Crippen molar-refractivity contribution in [3.05, 3.63) is 83.9 Å². The number of fused-ring (bicyclic) bond motifs is 1. The van der Waals surface area contributed by atoms with E-state index in [2.05, 4.69) is 24.3 Å². The summed E-state index contributed by atoms with van der Waals surface area (Å²) in [4.78, 5) is 0. The Labute approximate surface area is 126 Å². The van der Waals surface area contributed by atoms with Crippen LogP contribution in [0.3, 0.4) is 0 Å². The van der Waals surface area contributed by atoms with Crippen LogP contribution in [0.25, 0.3) is 10.8 Å². The van der Waals surface area contributed by atoms with Gasteiger partial charge in [0, 0.05) is 12.6 Å². The molecule has 2 nitrogen and oxygen atoms in total. The van der Waals surface area contributed by atoms with Crippen LogP contribution >= 0.6 is 0 Å². The second-order valence-corrected chi connectivity index (χ2v) is 5.04. The van der Waals surface area contributed by atoms with E-state index < -0.39 is 0 Å². The molecule has 3 rings (SSSR count). The molecule has 0 aliphatic rings. The molecule has 0 fully saturated rings. The molecule has 0 aliphatic carbocycles. The van der Waals surface area contributed by atoms with Gasteiger partial charge in [-0.25, -0.2) is 0 Å². The molecule has 3 aromatic carbocycles. The molecule has 0 saturated carbocycles. The van der Waals surface area contributed by atoms with Crippen molar-refractivity contribution >= 4 is 10.8 Å². The number of benzene rings is 3. The fraction of sp³-hybridized carbons (Fsp3) is 0.158. The van der Waals surface area contributed by atoms with Crippen molar-refractivity contribution in [2.45, 2.75) is 19.5 Å². The van der Waals surface area contributed by atoms with Gasteiger partial charge in [0.2, 0.25) is 0 Å². The fourth-order valence-electron chi connectivity index (χ4n) is 2.23. The second-order valence-electron chi connectivity index (χ2n) is 5.04. The van der Waals surface area contributed by atoms with Crippen molar-refractivity contribution in [3.8, 4) is 0 Å². The smallest absolute Gasteiger partial charge is 0.0266 e. The third-order valence-corrected chi connectivity index (χ3v) is 3.43. The zero-order valence-electron chi connectivity index (χ0n) is 12.4. The van der Waals surface area contributed by atoms with Crippen LogP contribution in [0.1, 0.15) is 24.1 Å². The maximum atomic E-state index is 5.62. The third-order valence-electron chi connectivity index (χ3n) is 3.43. The van der Waals surface area contributed by atoms with Crippen LogP contribution in [0.15, 0.2) is 72.8 Å². The first-order chi connectivity index (χ1) is 10.2. The first-order valence-electron chi connectivity index (χ1n) is 7.19. The summed E-state index contributed by atoms with van der Waals surface area (Å²) in [5, 5.41) is 2.53. The zero-order chi connectivity index (χ0) is 15.1. The summed E-state index contributed by atoms with van der Waals surface area (Å²) in [7, 11) is 0. The molecule has 0 unspecified atom stereocenters. The van der Waals surface area contributed by atoms with Gasteiger partial charge in [-0.2, -0.15) is 0 Å². The largest absolute Gasteiger partial charge is 0.326 e. The van der Waals surface area contributed by atoms with Crippen LogP contribution in [0, 0.1) is 0 Å². The first-order valence-corrected chi connectivity index (χ1v) is 7.19. The zero-order valence-corrected chi connectivity index (χ0v) is 12.4. The van der Waals surface area contributed by atoms with Gasteiger partial charge in [0.15, 0.2) is 0 Å². The Kier molecular flexibility index (Phi) is 5.50. The fourth-order valence-corrected chi connectivity index (χ4v) is 2.23. The quantitative estimate of drug-likeness (QED) is 0.744. The minimum absolute atomic E-state index is 0.159. The van der Waals surface area contributed by atoms with E-state index in [4.69, 9.17) is 11.5 Å². The summed E-state index contributed by atoms with van der Waals surface area (Å²) >= 11 is 0. The van der Waals surface area contributed by atoms with Gasteiger partial charge >= 0.3 is 0 Å². The minimum atomic E-state index is 0.159. The predicted octanol–water partition coefficient (Wildman–Crippen LogP) is 4.00. The molecule has 1 atom stereocenters. The molecule has 3 aromatic rings. The van der Waals surface area contributed by atoms with Crippen molar-refractivity contribution in [2.75, 3.05) is 0 Å². The van der Waals surface area contributed by atoms with E-state index in [1.54, 1.807) is 0 Å². The number of hydrogen-bond acceptors (Lipinski definition) is 2. The van der Waals surface area contributed by atoms with E-state index in [0.717, 1.165) is 0 Å². The van der Waals surface area contributed by atoms with Crippen LogP contribution in [0.4, 0.5) is 0 Å². The average molecular weight is 278 g/mol. The standard InChI is InChI=1S/C11H11N.C8H11N/c12-8-10-6-3-5-9-4-1-2-7-11(9)10;1-7(9)8-5-3-2-4-6-8/h1-7H,8,12H2;2-7H,9H2,1H3/t;7-/m.1/s1. The van der Waals surface area contributed by atoms with Gasteiger partial charge in [-0.1, -0.05) is 72.8 Å². The first kappa shape index (κ1) is 15.2. The van der Waals surface area contributed by atoms with Crippen molar-refractivity contribution in [2.24, 2.45) is 11.5 Å². The highest BCUT2D eigenvalue weighted by atomic mass is 14.6. The number of nitrogens with two attached hydrogens (primary N) is 2. The summed E-state index contributed by atoms with van der Waals surface area (Å²) in [6.45, 7) is 2.59. The summed E-state index contributed by atoms with van der Waals surface area (Å²) < 4.78 is 0. The lowest BCUT2D eigenvalue weighted by molar-refractivity contribution is 0.818. The molecule has 0 bridgehead atoms. The van der Waals surface area contributed by atoms with E-state index >= 15 is 0 Å². The highest BCUT2D eigenvalue weighted by Crippen LogP contribution is 2.17. The topological polar surface area (TPSA) is 52.0 Å². The summed E-state index contributed by atoms with van der Waals surface area (Å²) in [6.07, 6.45) is 0. The second kappa shape index (κ2) is 7.58. The van der Waals surface area contributed by atoms with E-state index in [0.29, 0.717) is 6.54 Å². The van der Waals surface area contributed by atoms with Crippen LogP contribution in [0.2, 0.25) is 0 Å². The molecule has 0 saturated heterocycles. The monoisotopic (exact) mass is 278 g/mol. The molecular formula is C19H22N2. The Morgan fingerprint density at radius 3 is 2.05 bits per heavy atom. The Balaban J connectivity index is 0.000000161. The van der Waals surface area contributed by atoms with Crippen LogP contribution in [-0.2, 0) is 6.54 Å². The maximum Gasteiger partial charge on any atom is 0.0266 e. The maximum absolute atomic E-state index is 5.62. The Morgan fingerprint density at radius 2 is 1.43 bits per heavy atom. The molecule has 0 amide bonds. The highest BCUT2D eigenvalue weighted by molar-refractivity contribution is 5.85. The van der Waals surface area contributed by atoms with Crippen molar-refractivity contribution in [1.82, 2.24) is 0 Å². The van der Waals surface area contributed by atoms with Crippen molar-refractivity contribution in [3.63, 3.8) is 0 Å². The van der Waals surface area contributed by atoms with Gasteiger partial charge in [-0.15, -0.1) is 0 Å². The molecule has 2 heteroatoms. The van der Waals surface area contributed by atoms with Gasteiger partial charge in [0.25, 0.3) is 0 Å². The Hall–Kier alpha value is -2.16. The average Bonchev–Trinajstić information content (AvgIpc) is 2.55. The molecule has 0 spiro atoms. The molecule has 4 N–H and O–H groups in total. The molecule has 0 heterocycles. The van der Waals surface area contributed by atoms with Gasteiger partial charge in [-0.3, -0.25) is 0 Å². The lowest BCUT2D eigenvalue weighted by Crippen LogP contribution is -2.03. The molecule has 0 aliphatic heterocycles. The van der Waals surface area contributed by atoms with Crippen molar-refractivity contribution in [1.29, 1.82) is 0 Å². The summed E-state index contributed by atoms with van der Waals surface area (Å²) in [6, 6.07) is 24.7. The van der Waals surface area contributed by atoms with Gasteiger partial charge < -0.3 is 11.5 Å². The highest BCUT2D eigenvalue weighted by Gasteiger charge is 1.96. The molecular weight excluding hydrogens is 256 g/mol. The summed E-state index contributed by atoms with van der Waals surface area (Å²) in [5.74, 6) is 0. The van der Waals surface area contributed by atoms with Crippen LogP contribution in [0.5, 0.6) is 0 Å². The third kappa shape index (κ3) is 4.15. The normalized spacial score (nSPS) is 11.6. The lowest BCUT2D eigenvalue weighted by Gasteiger charge is -2.02. The lowest BCUT2D eigenvalue weighted by atomic mass is 10.1. The minimum Gasteiger partial charge on any atom is -0.326 e. The van der Waals surface area contributed by atoms with E-state index in [9.17, 15) is 0 Å². The van der Waals surface area contributed by atoms with Gasteiger partial charge in [-0.05, 0) is 28.8 Å². The SMILES string of the molecule is C[C@@H](N)c1ccccc1.NCc1cccc2ccccc12.